The normalized spacial score (nSPS) is 20.0. The predicted molar refractivity (Wildman–Crippen MR) is 287 cm³/mol. The van der Waals surface area contributed by atoms with Gasteiger partial charge < -0.3 is 50.2 Å². The fraction of sp³-hybridized carbons (Fsp3) is 0.774. The highest BCUT2D eigenvalue weighted by atomic mass is 31.3. The third-order valence-corrected chi connectivity index (χ3v) is 15.2. The van der Waals surface area contributed by atoms with Gasteiger partial charge in [0.25, 0.3) is 0 Å². The lowest BCUT2D eigenvalue weighted by atomic mass is 10.0. The number of carbonyl (C=O) groups is 2. The van der Waals surface area contributed by atoms with E-state index in [4.69, 9.17) is 29.0 Å². The van der Waals surface area contributed by atoms with Crippen LogP contribution in [0.2, 0.25) is 0 Å². The number of allylic oxidation sites excluding steroid dienone is 5. The van der Waals surface area contributed by atoms with Crippen LogP contribution in [0.4, 0.5) is 5.82 Å². The molecule has 1 aromatic heterocycles. The molecule has 1 fully saturated rings. The lowest BCUT2D eigenvalue weighted by Gasteiger charge is -2.21. The summed E-state index contributed by atoms with van der Waals surface area (Å²) in [6.07, 6.45) is 28.1. The van der Waals surface area contributed by atoms with E-state index < -0.39 is 95.9 Å². The highest BCUT2D eigenvalue weighted by molar-refractivity contribution is 7.61. The van der Waals surface area contributed by atoms with Gasteiger partial charge in [-0.1, -0.05) is 166 Å². The van der Waals surface area contributed by atoms with Gasteiger partial charge >= 0.3 is 33.3 Å². The maximum Gasteiger partial charge on any atom is 0.481 e. The second kappa shape index (κ2) is 40.1. The number of aliphatic hydroxyl groups excluding tert-OH is 4. The van der Waals surface area contributed by atoms with Crippen LogP contribution in [0.25, 0.3) is 0 Å². The standard InChI is InChI=1S/C53H93N3O17P2/c1-4-5-6-7-8-9-10-17-20-23-26-29-33-44(57)45(58)34-31-36-48(59)68-39-43(71-49(60)35-30-27-24-21-18-15-13-11-12-14-16-19-22-25-28-32-42(2)3)40-69-74(64,65)73-75(66,67)70-41-46-50(61)51(62)52(72-46)56-38-37-47(54)55-53(56)63/h8-9,17,20,26,29,37-38,42-46,50-52,57-58,61-62H,4-7,10-16,18-19,21-25,27-28,30-36,39-41H2,1-3H3,(H,64,65)(H,66,67)(H2,54,55,63)/b9-8-,20-17-,29-26-/t43-,44?,45?,46-,50-,51-,52-/m1/s1. The fourth-order valence-electron chi connectivity index (χ4n) is 8.19. The Balaban J connectivity index is 1.83. The van der Waals surface area contributed by atoms with Crippen LogP contribution >= 0.6 is 15.6 Å². The number of hydrogen-bond acceptors (Lipinski definition) is 17. The molecule has 8 N–H and O–H groups in total. The molecule has 4 unspecified atom stereocenters. The Morgan fingerprint density at radius 3 is 1.88 bits per heavy atom. The molecule has 0 spiro atoms. The van der Waals surface area contributed by atoms with Crippen molar-refractivity contribution in [2.45, 2.75) is 237 Å². The summed E-state index contributed by atoms with van der Waals surface area (Å²) in [6.45, 7) is 4.19. The van der Waals surface area contributed by atoms with E-state index in [1.54, 1.807) is 6.08 Å². The number of nitrogens with two attached hydrogens (primary N) is 1. The van der Waals surface area contributed by atoms with E-state index in [9.17, 15) is 53.7 Å². The molecule has 22 heteroatoms. The van der Waals surface area contributed by atoms with Gasteiger partial charge in [0, 0.05) is 19.0 Å². The van der Waals surface area contributed by atoms with Crippen LogP contribution < -0.4 is 11.4 Å². The molecule has 0 amide bonds. The first-order valence-corrected chi connectivity index (χ1v) is 30.5. The van der Waals surface area contributed by atoms with E-state index in [2.05, 4.69) is 48.3 Å². The van der Waals surface area contributed by atoms with Crippen molar-refractivity contribution in [1.29, 1.82) is 0 Å². The number of carbonyl (C=O) groups excluding carboxylic acids is 2. The first-order valence-electron chi connectivity index (χ1n) is 27.5. The molecule has 432 valence electrons. The zero-order chi connectivity index (χ0) is 55.3. The van der Waals surface area contributed by atoms with Crippen molar-refractivity contribution in [1.82, 2.24) is 9.55 Å². The highest BCUT2D eigenvalue weighted by Crippen LogP contribution is 2.60. The number of ether oxygens (including phenoxy) is 3. The van der Waals surface area contributed by atoms with Gasteiger partial charge in [-0.25, -0.2) is 13.9 Å². The van der Waals surface area contributed by atoms with Gasteiger partial charge in [0.05, 0.1) is 25.4 Å². The van der Waals surface area contributed by atoms with Crippen molar-refractivity contribution < 1.29 is 76.5 Å². The molecule has 1 aliphatic rings. The third kappa shape index (κ3) is 33.1. The summed E-state index contributed by atoms with van der Waals surface area (Å²) in [5.41, 5.74) is 4.57. The van der Waals surface area contributed by atoms with Crippen LogP contribution in [-0.4, -0.2) is 108 Å². The Kier molecular flexibility index (Phi) is 36.4. The third-order valence-electron chi connectivity index (χ3n) is 12.6. The zero-order valence-corrected chi connectivity index (χ0v) is 46.8. The largest absolute Gasteiger partial charge is 0.481 e. The minimum atomic E-state index is -5.49. The predicted octanol–water partition coefficient (Wildman–Crippen LogP) is 9.75. The Morgan fingerprint density at radius 1 is 0.720 bits per heavy atom. The van der Waals surface area contributed by atoms with Crippen LogP contribution in [0.5, 0.6) is 0 Å². The van der Waals surface area contributed by atoms with Crippen LogP contribution in [0.3, 0.4) is 0 Å². The molecular weight excluding hydrogens is 1010 g/mol. The van der Waals surface area contributed by atoms with Crippen molar-refractivity contribution in [3.8, 4) is 0 Å². The van der Waals surface area contributed by atoms with Crippen molar-refractivity contribution in [3.63, 3.8) is 0 Å². The molecular formula is C53H93N3O17P2. The Hall–Kier alpha value is -3.10. The van der Waals surface area contributed by atoms with Gasteiger partial charge in [-0.05, 0) is 63.4 Å². The summed E-state index contributed by atoms with van der Waals surface area (Å²) in [5, 5.41) is 41.8. The first-order chi connectivity index (χ1) is 35.8. The minimum Gasteiger partial charge on any atom is -0.462 e. The smallest absolute Gasteiger partial charge is 0.462 e. The average Bonchev–Trinajstić information content (AvgIpc) is 3.63. The molecule has 0 radical (unpaired) electrons. The maximum atomic E-state index is 12.9. The number of anilines is 1. The molecule has 1 saturated heterocycles. The van der Waals surface area contributed by atoms with Gasteiger partial charge in [-0.2, -0.15) is 9.29 Å². The second-order valence-electron chi connectivity index (χ2n) is 19.9. The Morgan fingerprint density at radius 2 is 1.28 bits per heavy atom. The maximum absolute atomic E-state index is 12.9. The number of hydrogen-bond donors (Lipinski definition) is 7. The summed E-state index contributed by atoms with van der Waals surface area (Å²) in [6, 6.07) is 1.23. The van der Waals surface area contributed by atoms with Crippen molar-refractivity contribution in [3.05, 3.63) is 59.2 Å². The van der Waals surface area contributed by atoms with E-state index in [1.165, 1.54) is 96.0 Å². The van der Waals surface area contributed by atoms with Crippen molar-refractivity contribution in [2.75, 3.05) is 25.6 Å². The molecule has 1 aliphatic heterocycles. The summed E-state index contributed by atoms with van der Waals surface area (Å²) < 4.78 is 56.7. The van der Waals surface area contributed by atoms with E-state index in [0.717, 1.165) is 55.2 Å². The molecule has 20 nitrogen and oxygen atoms in total. The molecule has 75 heavy (non-hydrogen) atoms. The van der Waals surface area contributed by atoms with Crippen molar-refractivity contribution in [2.24, 2.45) is 5.92 Å². The Labute approximate surface area is 445 Å². The highest BCUT2D eigenvalue weighted by Gasteiger charge is 2.46. The molecule has 2 rings (SSSR count). The van der Waals surface area contributed by atoms with E-state index in [1.807, 2.05) is 12.2 Å². The Bertz CT molecular complexity index is 1950. The molecule has 0 bridgehead atoms. The van der Waals surface area contributed by atoms with Crippen LogP contribution in [0.15, 0.2) is 53.5 Å². The van der Waals surface area contributed by atoms with Gasteiger partial charge in [-0.15, -0.1) is 0 Å². The SMILES string of the molecule is CCCCC/C=C\C/C=C\C/C=C\CC(O)C(O)CCCC(=O)OC[C@H](COP(=O)(O)OP(=O)(O)OC[C@H]1O[C@@H](n2ccc(N)nc2=O)[C@H](O)[C@@H]1O)OC(=O)CCCCCCCCCCCCCCCCCC(C)C. The monoisotopic (exact) mass is 1110 g/mol. The fourth-order valence-corrected chi connectivity index (χ4v) is 10.3. The summed E-state index contributed by atoms with van der Waals surface area (Å²) in [7, 11) is -11.0. The summed E-state index contributed by atoms with van der Waals surface area (Å²) >= 11 is 0. The summed E-state index contributed by atoms with van der Waals surface area (Å²) in [5.74, 6) is -0.799. The van der Waals surface area contributed by atoms with Crippen LogP contribution in [0, 0.1) is 5.92 Å². The quantitative estimate of drug-likeness (QED) is 0.0138. The van der Waals surface area contributed by atoms with E-state index >= 15 is 0 Å². The number of esters is 2. The van der Waals surface area contributed by atoms with Crippen LogP contribution in [-0.2, 0) is 46.3 Å². The molecule has 1 aromatic rings. The number of nitrogen functional groups attached to an aromatic ring is 1. The number of aromatic nitrogens is 2. The van der Waals surface area contributed by atoms with Gasteiger partial charge in [0.2, 0.25) is 0 Å². The summed E-state index contributed by atoms with van der Waals surface area (Å²) in [4.78, 5) is 62.1. The van der Waals surface area contributed by atoms with Gasteiger partial charge in [0.15, 0.2) is 12.3 Å². The van der Waals surface area contributed by atoms with Gasteiger partial charge in [-0.3, -0.25) is 23.2 Å². The number of rotatable bonds is 45. The van der Waals surface area contributed by atoms with Gasteiger partial charge in [0.1, 0.15) is 30.7 Å². The number of nitrogens with zero attached hydrogens (tertiary/aromatic N) is 2. The number of phosphoric acid groups is 2. The lowest BCUT2D eigenvalue weighted by Crippen LogP contribution is -2.36. The molecule has 0 aliphatic carbocycles. The lowest BCUT2D eigenvalue weighted by molar-refractivity contribution is -0.161. The zero-order valence-electron chi connectivity index (χ0n) is 45.0. The van der Waals surface area contributed by atoms with Crippen LogP contribution in [0.1, 0.15) is 200 Å². The van der Waals surface area contributed by atoms with Crippen molar-refractivity contribution >= 4 is 33.4 Å². The molecule has 0 saturated carbocycles. The second-order valence-corrected chi connectivity index (χ2v) is 22.9. The first kappa shape index (κ1) is 68.0. The van der Waals surface area contributed by atoms with E-state index in [-0.39, 0.29) is 37.9 Å². The number of phosphoric ester groups is 2. The molecule has 0 aromatic carbocycles. The molecule has 2 heterocycles. The van der Waals surface area contributed by atoms with E-state index in [0.29, 0.717) is 12.8 Å². The average molecular weight is 1110 g/mol. The molecule has 9 atom stereocenters. The number of aliphatic hydroxyl groups is 4. The topological polar surface area (TPSA) is 306 Å². The number of unbranched alkanes of at least 4 members (excludes halogenated alkanes) is 17. The minimum absolute atomic E-state index is 0.00772.